The van der Waals surface area contributed by atoms with Gasteiger partial charge in [0.05, 0.1) is 5.02 Å². The molecular weight excluding hydrogens is 248 g/mol. The number of aromatic hydroxyl groups is 1. The van der Waals surface area contributed by atoms with Crippen LogP contribution < -0.4 is 4.74 Å². The highest BCUT2D eigenvalue weighted by molar-refractivity contribution is 6.32. The summed E-state index contributed by atoms with van der Waals surface area (Å²) in [7, 11) is 0. The molecule has 0 saturated carbocycles. The lowest BCUT2D eigenvalue weighted by atomic mass is 10.2. The second-order valence-electron chi connectivity index (χ2n) is 3.75. The first kappa shape index (κ1) is 12.5. The van der Waals surface area contributed by atoms with Crippen LogP contribution in [-0.2, 0) is 0 Å². The molecule has 0 bridgehead atoms. The van der Waals surface area contributed by atoms with E-state index in [0.717, 1.165) is 0 Å². The summed E-state index contributed by atoms with van der Waals surface area (Å²) in [6.07, 6.45) is 3.67. The topological polar surface area (TPSA) is 29.5 Å². The molecule has 0 heterocycles. The zero-order valence-corrected chi connectivity index (χ0v) is 10.7. The van der Waals surface area contributed by atoms with E-state index in [-0.39, 0.29) is 5.75 Å². The van der Waals surface area contributed by atoms with Gasteiger partial charge in [0.1, 0.15) is 17.2 Å². The number of benzene rings is 2. The zero-order valence-electron chi connectivity index (χ0n) is 9.93. The van der Waals surface area contributed by atoms with Crippen molar-refractivity contribution in [3.8, 4) is 17.2 Å². The Bertz CT molecular complexity index is 576. The molecule has 0 aromatic heterocycles. The molecule has 0 saturated heterocycles. The average molecular weight is 261 g/mol. The number of hydrogen-bond donors (Lipinski definition) is 1. The minimum atomic E-state index is 0.222. The monoisotopic (exact) mass is 260 g/mol. The van der Waals surface area contributed by atoms with E-state index in [1.807, 2.05) is 31.2 Å². The molecule has 2 aromatic carbocycles. The second kappa shape index (κ2) is 5.61. The lowest BCUT2D eigenvalue weighted by Crippen LogP contribution is -1.86. The van der Waals surface area contributed by atoms with Crippen LogP contribution in [0.5, 0.6) is 17.2 Å². The van der Waals surface area contributed by atoms with E-state index in [4.69, 9.17) is 16.3 Å². The Morgan fingerprint density at radius 2 is 1.94 bits per heavy atom. The van der Waals surface area contributed by atoms with Crippen LogP contribution in [0.3, 0.4) is 0 Å². The van der Waals surface area contributed by atoms with E-state index in [2.05, 4.69) is 0 Å². The predicted octanol–water partition coefficient (Wildman–Crippen LogP) is 4.87. The van der Waals surface area contributed by atoms with Crippen molar-refractivity contribution in [3.63, 3.8) is 0 Å². The van der Waals surface area contributed by atoms with Crippen LogP contribution in [0.15, 0.2) is 48.5 Å². The van der Waals surface area contributed by atoms with Crippen LogP contribution in [0.2, 0.25) is 5.02 Å². The molecule has 0 radical (unpaired) electrons. The van der Waals surface area contributed by atoms with Crippen LogP contribution in [0.25, 0.3) is 6.08 Å². The van der Waals surface area contributed by atoms with Gasteiger partial charge in [-0.05, 0) is 37.3 Å². The van der Waals surface area contributed by atoms with Gasteiger partial charge < -0.3 is 9.84 Å². The lowest BCUT2D eigenvalue weighted by molar-refractivity contribution is 0.463. The Balaban J connectivity index is 2.30. The molecule has 18 heavy (non-hydrogen) atoms. The van der Waals surface area contributed by atoms with Crippen LogP contribution in [0.1, 0.15) is 12.5 Å². The molecule has 0 spiro atoms. The van der Waals surface area contributed by atoms with Crippen LogP contribution >= 0.6 is 11.6 Å². The van der Waals surface area contributed by atoms with Gasteiger partial charge in [-0.15, -0.1) is 0 Å². The number of ether oxygens (including phenoxy) is 1. The van der Waals surface area contributed by atoms with Crippen molar-refractivity contribution in [2.75, 3.05) is 0 Å². The molecule has 1 N–H and O–H groups in total. The fourth-order valence-corrected chi connectivity index (χ4v) is 1.74. The summed E-state index contributed by atoms with van der Waals surface area (Å²) in [5.41, 5.74) is 0.710. The van der Waals surface area contributed by atoms with Crippen LogP contribution in [0, 0.1) is 0 Å². The number of phenols is 1. The summed E-state index contributed by atoms with van der Waals surface area (Å²) < 4.78 is 5.67. The van der Waals surface area contributed by atoms with Crippen molar-refractivity contribution < 1.29 is 9.84 Å². The molecule has 0 fully saturated rings. The fraction of sp³-hybridized carbons (Fsp3) is 0.0667. The van der Waals surface area contributed by atoms with Crippen LogP contribution in [0.4, 0.5) is 0 Å². The maximum Gasteiger partial charge on any atom is 0.146 e. The first-order chi connectivity index (χ1) is 8.70. The quantitative estimate of drug-likeness (QED) is 0.853. The molecule has 0 amide bonds. The van der Waals surface area contributed by atoms with Crippen molar-refractivity contribution in [2.45, 2.75) is 6.92 Å². The van der Waals surface area contributed by atoms with Crippen molar-refractivity contribution in [3.05, 3.63) is 59.1 Å². The normalized spacial score (nSPS) is 10.8. The number of para-hydroxylation sites is 1. The molecule has 92 valence electrons. The summed E-state index contributed by atoms with van der Waals surface area (Å²) in [4.78, 5) is 0. The molecule has 2 rings (SSSR count). The Labute approximate surface area is 111 Å². The first-order valence-corrected chi connectivity index (χ1v) is 5.96. The van der Waals surface area contributed by atoms with Gasteiger partial charge in [0.25, 0.3) is 0 Å². The highest BCUT2D eigenvalue weighted by Gasteiger charge is 2.04. The van der Waals surface area contributed by atoms with Crippen molar-refractivity contribution in [1.82, 2.24) is 0 Å². The molecule has 0 unspecified atom stereocenters. The average Bonchev–Trinajstić information content (AvgIpc) is 2.36. The SMILES string of the molecule is CC=Cc1cc(Oc2ccccc2Cl)ccc1O. The van der Waals surface area contributed by atoms with Gasteiger partial charge in [-0.3, -0.25) is 0 Å². The second-order valence-corrected chi connectivity index (χ2v) is 4.16. The van der Waals surface area contributed by atoms with E-state index < -0.39 is 0 Å². The molecule has 0 aliphatic carbocycles. The summed E-state index contributed by atoms with van der Waals surface area (Å²) in [5.74, 6) is 1.45. The minimum Gasteiger partial charge on any atom is -0.507 e. The number of hydrogen-bond acceptors (Lipinski definition) is 2. The van der Waals surface area contributed by atoms with Crippen molar-refractivity contribution in [1.29, 1.82) is 0 Å². The maximum absolute atomic E-state index is 9.65. The van der Waals surface area contributed by atoms with Gasteiger partial charge in [0.15, 0.2) is 0 Å². The van der Waals surface area contributed by atoms with E-state index in [1.165, 1.54) is 0 Å². The third kappa shape index (κ3) is 2.84. The van der Waals surface area contributed by atoms with E-state index in [0.29, 0.717) is 22.1 Å². The highest BCUT2D eigenvalue weighted by Crippen LogP contribution is 2.31. The summed E-state index contributed by atoms with van der Waals surface area (Å²) >= 11 is 6.02. The van der Waals surface area contributed by atoms with Gasteiger partial charge in [-0.1, -0.05) is 35.9 Å². The molecule has 2 aromatic rings. The molecule has 2 nitrogen and oxygen atoms in total. The van der Waals surface area contributed by atoms with Gasteiger partial charge in [-0.25, -0.2) is 0 Å². The van der Waals surface area contributed by atoms with E-state index in [1.54, 1.807) is 30.3 Å². The van der Waals surface area contributed by atoms with E-state index >= 15 is 0 Å². The van der Waals surface area contributed by atoms with Gasteiger partial charge >= 0.3 is 0 Å². The minimum absolute atomic E-state index is 0.222. The fourth-order valence-electron chi connectivity index (χ4n) is 1.56. The number of phenolic OH excluding ortho intramolecular Hbond substituents is 1. The number of rotatable bonds is 3. The zero-order chi connectivity index (χ0) is 13.0. The van der Waals surface area contributed by atoms with E-state index in [9.17, 15) is 5.11 Å². The smallest absolute Gasteiger partial charge is 0.146 e. The Hall–Kier alpha value is -1.93. The Kier molecular flexibility index (Phi) is 3.90. The van der Waals surface area contributed by atoms with Gasteiger partial charge in [0, 0.05) is 5.56 Å². The molecule has 0 aliphatic rings. The largest absolute Gasteiger partial charge is 0.507 e. The number of allylic oxidation sites excluding steroid dienone is 1. The van der Waals surface area contributed by atoms with Gasteiger partial charge in [-0.2, -0.15) is 0 Å². The van der Waals surface area contributed by atoms with Crippen molar-refractivity contribution >= 4 is 17.7 Å². The third-order valence-electron chi connectivity index (χ3n) is 2.41. The standard InChI is InChI=1S/C15H13ClO2/c1-2-5-11-10-12(8-9-14(11)17)18-15-7-4-3-6-13(15)16/h2-10,17H,1H3. The molecular formula is C15H13ClO2. The number of halogens is 1. The van der Waals surface area contributed by atoms with Crippen molar-refractivity contribution in [2.24, 2.45) is 0 Å². The highest BCUT2D eigenvalue weighted by atomic mass is 35.5. The summed E-state index contributed by atoms with van der Waals surface area (Å²) in [6, 6.07) is 12.3. The molecule has 0 aliphatic heterocycles. The summed E-state index contributed by atoms with van der Waals surface area (Å²) in [5, 5.41) is 10.2. The Morgan fingerprint density at radius 3 is 2.67 bits per heavy atom. The molecule has 3 heteroatoms. The van der Waals surface area contributed by atoms with Gasteiger partial charge in [0.2, 0.25) is 0 Å². The maximum atomic E-state index is 9.65. The lowest BCUT2D eigenvalue weighted by Gasteiger charge is -2.08. The van der Waals surface area contributed by atoms with Crippen LogP contribution in [-0.4, -0.2) is 5.11 Å². The predicted molar refractivity (Wildman–Crippen MR) is 74.3 cm³/mol. The Morgan fingerprint density at radius 1 is 1.17 bits per heavy atom. The third-order valence-corrected chi connectivity index (χ3v) is 2.72. The summed E-state index contributed by atoms with van der Waals surface area (Å²) in [6.45, 7) is 1.89. The first-order valence-electron chi connectivity index (χ1n) is 5.59. The molecule has 0 atom stereocenters.